The number of halogens is 2. The summed E-state index contributed by atoms with van der Waals surface area (Å²) in [5.74, 6) is -0.205. The van der Waals surface area contributed by atoms with Gasteiger partial charge < -0.3 is 5.32 Å². The van der Waals surface area contributed by atoms with Crippen molar-refractivity contribution in [2.75, 3.05) is 5.32 Å². The number of benzene rings is 1. The van der Waals surface area contributed by atoms with Crippen LogP contribution in [0.3, 0.4) is 0 Å². The summed E-state index contributed by atoms with van der Waals surface area (Å²) in [6.07, 6.45) is 0.311. The zero-order chi connectivity index (χ0) is 12.3. The molecule has 0 fully saturated rings. The van der Waals surface area contributed by atoms with E-state index in [4.69, 9.17) is 22.3 Å². The Labute approximate surface area is 103 Å². The minimum atomic E-state index is -3.80. The van der Waals surface area contributed by atoms with E-state index in [-0.39, 0.29) is 15.8 Å². The van der Waals surface area contributed by atoms with Crippen LogP contribution in [0.15, 0.2) is 23.1 Å². The maximum Gasteiger partial charge on any atom is 0.261 e. The number of carbonyl (C=O) groups excluding carboxylic acids is 1. The fourth-order valence-electron chi connectivity index (χ4n) is 0.987. The van der Waals surface area contributed by atoms with Crippen molar-refractivity contribution in [3.05, 3.63) is 23.2 Å². The molecule has 1 aromatic rings. The number of nitrogens with one attached hydrogen (secondary N) is 1. The molecule has 16 heavy (non-hydrogen) atoms. The van der Waals surface area contributed by atoms with Crippen molar-refractivity contribution in [3.8, 4) is 0 Å². The highest BCUT2D eigenvalue weighted by Gasteiger charge is 2.12. The van der Waals surface area contributed by atoms with Gasteiger partial charge in [0, 0.05) is 17.1 Å². The third kappa shape index (κ3) is 3.37. The predicted octanol–water partition coefficient (Wildman–Crippen LogP) is 2.62. The van der Waals surface area contributed by atoms with Crippen molar-refractivity contribution in [2.45, 2.75) is 18.2 Å². The van der Waals surface area contributed by atoms with Gasteiger partial charge in [0.15, 0.2) is 0 Å². The highest BCUT2D eigenvalue weighted by Crippen LogP contribution is 2.26. The summed E-state index contributed by atoms with van der Waals surface area (Å²) in [7, 11) is 1.34. The van der Waals surface area contributed by atoms with Gasteiger partial charge in [0.1, 0.15) is 0 Å². The second kappa shape index (κ2) is 5.03. The minimum absolute atomic E-state index is 0.103. The van der Waals surface area contributed by atoms with Crippen LogP contribution in [0.2, 0.25) is 5.02 Å². The van der Waals surface area contributed by atoms with Crippen LogP contribution in [0.4, 0.5) is 5.69 Å². The van der Waals surface area contributed by atoms with Crippen LogP contribution in [-0.4, -0.2) is 14.3 Å². The van der Waals surface area contributed by atoms with Gasteiger partial charge in [-0.1, -0.05) is 18.5 Å². The number of hydrogen-bond acceptors (Lipinski definition) is 3. The van der Waals surface area contributed by atoms with Gasteiger partial charge in [-0.2, -0.15) is 0 Å². The van der Waals surface area contributed by atoms with Gasteiger partial charge in [-0.3, -0.25) is 4.79 Å². The van der Waals surface area contributed by atoms with E-state index in [1.807, 2.05) is 0 Å². The molecule has 88 valence electrons. The molecule has 0 unspecified atom stereocenters. The molecule has 0 saturated carbocycles. The van der Waals surface area contributed by atoms with Crippen LogP contribution in [0.1, 0.15) is 13.3 Å². The molecule has 0 heterocycles. The van der Waals surface area contributed by atoms with Crippen molar-refractivity contribution < 1.29 is 13.2 Å². The van der Waals surface area contributed by atoms with Gasteiger partial charge in [0.25, 0.3) is 9.05 Å². The fourth-order valence-corrected chi connectivity index (χ4v) is 2.06. The van der Waals surface area contributed by atoms with Gasteiger partial charge in [-0.05, 0) is 18.2 Å². The molecule has 0 saturated heterocycles. The average Bonchev–Trinajstić information content (AvgIpc) is 2.19. The molecule has 0 aromatic heterocycles. The van der Waals surface area contributed by atoms with Gasteiger partial charge in [0.05, 0.1) is 15.6 Å². The lowest BCUT2D eigenvalue weighted by molar-refractivity contribution is -0.115. The molecule has 0 atom stereocenters. The van der Waals surface area contributed by atoms with Crippen molar-refractivity contribution >= 4 is 42.9 Å². The van der Waals surface area contributed by atoms with E-state index in [9.17, 15) is 13.2 Å². The Kier molecular flexibility index (Phi) is 4.18. The van der Waals surface area contributed by atoms with E-state index in [0.29, 0.717) is 12.1 Å². The summed E-state index contributed by atoms with van der Waals surface area (Å²) >= 11 is 5.80. The molecule has 0 radical (unpaired) electrons. The predicted molar refractivity (Wildman–Crippen MR) is 63.4 cm³/mol. The van der Waals surface area contributed by atoms with Crippen LogP contribution < -0.4 is 5.32 Å². The Morgan fingerprint density at radius 3 is 2.50 bits per heavy atom. The number of rotatable bonds is 3. The van der Waals surface area contributed by atoms with Crippen LogP contribution in [0.5, 0.6) is 0 Å². The van der Waals surface area contributed by atoms with E-state index in [1.165, 1.54) is 18.2 Å². The molecule has 0 bridgehead atoms. The molecule has 7 heteroatoms. The normalized spacial score (nSPS) is 11.2. The van der Waals surface area contributed by atoms with Crippen molar-refractivity contribution in [1.29, 1.82) is 0 Å². The largest absolute Gasteiger partial charge is 0.325 e. The SMILES string of the molecule is CCC(=O)Nc1ccc(S(=O)(=O)Cl)cc1Cl. The summed E-state index contributed by atoms with van der Waals surface area (Å²) in [6, 6.07) is 3.86. The van der Waals surface area contributed by atoms with Gasteiger partial charge in [-0.15, -0.1) is 0 Å². The third-order valence-corrected chi connectivity index (χ3v) is 3.48. The molecule has 0 aliphatic heterocycles. The molecule has 1 N–H and O–H groups in total. The maximum absolute atomic E-state index is 11.1. The minimum Gasteiger partial charge on any atom is -0.325 e. The summed E-state index contributed by atoms with van der Waals surface area (Å²) in [4.78, 5) is 11.0. The number of hydrogen-bond donors (Lipinski definition) is 1. The molecule has 0 aliphatic rings. The fraction of sp³-hybridized carbons (Fsp3) is 0.222. The highest BCUT2D eigenvalue weighted by molar-refractivity contribution is 8.13. The smallest absolute Gasteiger partial charge is 0.261 e. The average molecular weight is 282 g/mol. The van der Waals surface area contributed by atoms with Gasteiger partial charge in [-0.25, -0.2) is 8.42 Å². The lowest BCUT2D eigenvalue weighted by Gasteiger charge is -2.06. The molecule has 1 rings (SSSR count). The van der Waals surface area contributed by atoms with Crippen molar-refractivity contribution in [2.24, 2.45) is 0 Å². The summed E-state index contributed by atoms with van der Waals surface area (Å²) in [6.45, 7) is 1.70. The standard InChI is InChI=1S/C9H9Cl2NO3S/c1-2-9(13)12-8-4-3-6(5-7(8)10)16(11,14)15/h3-5H,2H2,1H3,(H,12,13). The van der Waals surface area contributed by atoms with E-state index in [0.717, 1.165) is 0 Å². The highest BCUT2D eigenvalue weighted by atomic mass is 35.7. The number of carbonyl (C=O) groups is 1. The first-order chi connectivity index (χ1) is 7.34. The summed E-state index contributed by atoms with van der Waals surface area (Å²) in [5, 5.41) is 2.66. The first kappa shape index (κ1) is 13.3. The first-order valence-electron chi connectivity index (χ1n) is 4.38. The first-order valence-corrected chi connectivity index (χ1v) is 7.07. The topological polar surface area (TPSA) is 63.2 Å². The monoisotopic (exact) mass is 281 g/mol. The number of amides is 1. The molecule has 0 aliphatic carbocycles. The zero-order valence-corrected chi connectivity index (χ0v) is 10.7. The third-order valence-electron chi connectivity index (χ3n) is 1.82. The van der Waals surface area contributed by atoms with Crippen LogP contribution in [-0.2, 0) is 13.8 Å². The van der Waals surface area contributed by atoms with E-state index < -0.39 is 9.05 Å². The zero-order valence-electron chi connectivity index (χ0n) is 8.33. The Morgan fingerprint density at radius 1 is 1.44 bits per heavy atom. The quantitative estimate of drug-likeness (QED) is 0.867. The van der Waals surface area contributed by atoms with E-state index in [2.05, 4.69) is 5.32 Å². The van der Waals surface area contributed by atoms with Crippen molar-refractivity contribution in [3.63, 3.8) is 0 Å². The second-order valence-electron chi connectivity index (χ2n) is 2.98. The molecule has 1 amide bonds. The Balaban J connectivity index is 3.06. The lowest BCUT2D eigenvalue weighted by atomic mass is 10.3. The lowest BCUT2D eigenvalue weighted by Crippen LogP contribution is -2.09. The molecule has 4 nitrogen and oxygen atoms in total. The van der Waals surface area contributed by atoms with Gasteiger partial charge in [0.2, 0.25) is 5.91 Å². The molecular formula is C9H9Cl2NO3S. The van der Waals surface area contributed by atoms with Crippen LogP contribution in [0.25, 0.3) is 0 Å². The Bertz CT molecular complexity index is 513. The maximum atomic E-state index is 11.1. The second-order valence-corrected chi connectivity index (χ2v) is 5.95. The summed E-state index contributed by atoms with van der Waals surface area (Å²) in [5.41, 5.74) is 0.359. The number of anilines is 1. The summed E-state index contributed by atoms with van der Waals surface area (Å²) < 4.78 is 22.0. The Morgan fingerprint density at radius 2 is 2.06 bits per heavy atom. The van der Waals surface area contributed by atoms with Gasteiger partial charge >= 0.3 is 0 Å². The molecule has 0 spiro atoms. The molecule has 1 aromatic carbocycles. The Hall–Kier alpha value is -0.780. The van der Waals surface area contributed by atoms with Crippen molar-refractivity contribution in [1.82, 2.24) is 0 Å². The molecular weight excluding hydrogens is 273 g/mol. The van der Waals surface area contributed by atoms with Crippen LogP contribution in [0, 0.1) is 0 Å². The van der Waals surface area contributed by atoms with E-state index >= 15 is 0 Å². The van der Waals surface area contributed by atoms with Crippen LogP contribution >= 0.6 is 22.3 Å². The van der Waals surface area contributed by atoms with E-state index in [1.54, 1.807) is 6.92 Å².